The predicted molar refractivity (Wildman–Crippen MR) is 91.1 cm³/mol. The molecule has 1 aromatic carbocycles. The Kier molecular flexibility index (Phi) is 6.21. The van der Waals surface area contributed by atoms with Crippen molar-refractivity contribution in [3.63, 3.8) is 0 Å². The summed E-state index contributed by atoms with van der Waals surface area (Å²) in [6.07, 6.45) is -8.19. The van der Waals surface area contributed by atoms with Crippen LogP contribution < -0.4 is 5.32 Å². The Morgan fingerprint density at radius 1 is 1.04 bits per heavy atom. The molecule has 5 atom stereocenters. The van der Waals surface area contributed by atoms with Crippen LogP contribution in [0.4, 0.5) is 0 Å². The van der Waals surface area contributed by atoms with Gasteiger partial charge in [-0.3, -0.25) is 0 Å². The fourth-order valence-electron chi connectivity index (χ4n) is 2.33. The molecule has 0 bridgehead atoms. The van der Waals surface area contributed by atoms with E-state index in [2.05, 4.69) is 10.4 Å². The number of aliphatic hydroxyl groups is 5. The Balaban J connectivity index is 2.04. The number of aliphatic hydroxyl groups excluding tert-OH is 5. The van der Waals surface area contributed by atoms with Crippen molar-refractivity contribution < 1.29 is 25.5 Å². The lowest BCUT2D eigenvalue weighted by molar-refractivity contribution is -0.130. The predicted octanol–water partition coefficient (Wildman–Crippen LogP) is -1.83. The number of hydrogen-bond acceptors (Lipinski definition) is 7. The van der Waals surface area contributed by atoms with Crippen molar-refractivity contribution in [2.24, 2.45) is 5.10 Å². The third-order valence-electron chi connectivity index (χ3n) is 3.80. The summed E-state index contributed by atoms with van der Waals surface area (Å²) in [6, 6.07) is 9.53. The number of benzene rings is 1. The van der Waals surface area contributed by atoms with E-state index in [1.807, 2.05) is 30.3 Å². The maximum Gasteiger partial charge on any atom is 0.189 e. The molecule has 1 aliphatic rings. The van der Waals surface area contributed by atoms with Crippen molar-refractivity contribution in [3.05, 3.63) is 35.9 Å². The van der Waals surface area contributed by atoms with Gasteiger partial charge in [0.25, 0.3) is 0 Å². The lowest BCUT2D eigenvalue weighted by Gasteiger charge is -2.37. The van der Waals surface area contributed by atoms with Crippen molar-refractivity contribution in [1.82, 2.24) is 10.3 Å². The van der Waals surface area contributed by atoms with E-state index in [0.29, 0.717) is 6.54 Å². The van der Waals surface area contributed by atoms with Crippen molar-refractivity contribution in [1.29, 1.82) is 0 Å². The van der Waals surface area contributed by atoms with E-state index in [0.717, 1.165) is 5.56 Å². The third-order valence-corrected chi connectivity index (χ3v) is 4.21. The van der Waals surface area contributed by atoms with Crippen molar-refractivity contribution in [2.45, 2.75) is 37.1 Å². The van der Waals surface area contributed by atoms with Crippen LogP contribution >= 0.6 is 12.2 Å². The molecule has 0 amide bonds. The summed E-state index contributed by atoms with van der Waals surface area (Å²) in [5.41, 5.74) is 0.735. The minimum Gasteiger partial charge on any atom is -0.387 e. The molecule has 132 valence electrons. The van der Waals surface area contributed by atoms with Gasteiger partial charge >= 0.3 is 0 Å². The van der Waals surface area contributed by atoms with Crippen LogP contribution in [0.15, 0.2) is 35.4 Å². The molecule has 1 fully saturated rings. The number of hydrogen-bond donors (Lipinski definition) is 6. The highest BCUT2D eigenvalue weighted by Gasteiger charge is 2.46. The minimum atomic E-state index is -1.66. The van der Waals surface area contributed by atoms with Crippen LogP contribution in [0.25, 0.3) is 0 Å². The zero-order chi connectivity index (χ0) is 17.9. The SMILES string of the molecule is CN(/N=C1\[C@@H](O)[C@@H](O)[C@@H](O)C(O)[C@H]1O)C(=S)NCc1ccccc1. The average molecular weight is 355 g/mol. The van der Waals surface area contributed by atoms with Crippen LogP contribution in [-0.4, -0.2) is 78.9 Å². The number of nitrogens with zero attached hydrogens (tertiary/aromatic N) is 2. The smallest absolute Gasteiger partial charge is 0.189 e. The summed E-state index contributed by atoms with van der Waals surface area (Å²) < 4.78 is 0. The van der Waals surface area contributed by atoms with Gasteiger partial charge in [-0.15, -0.1) is 0 Å². The van der Waals surface area contributed by atoms with E-state index in [1.165, 1.54) is 12.1 Å². The summed E-state index contributed by atoms with van der Waals surface area (Å²) in [5, 5.41) is 57.1. The lowest BCUT2D eigenvalue weighted by atomic mass is 9.85. The molecule has 0 heterocycles. The molecular formula is C15H21N3O5S. The second-order valence-electron chi connectivity index (χ2n) is 5.55. The Hall–Kier alpha value is -1.62. The maximum atomic E-state index is 9.93. The normalized spacial score (nSPS) is 31.8. The van der Waals surface area contributed by atoms with Gasteiger partial charge in [0, 0.05) is 13.6 Å². The summed E-state index contributed by atoms with van der Waals surface area (Å²) in [4.78, 5) is 0. The van der Waals surface area contributed by atoms with E-state index in [4.69, 9.17) is 12.2 Å². The standard InChI is InChI=1S/C15H21N3O5S/c1-18(15(24)16-7-8-5-3-2-4-6-8)17-9-10(19)12(21)14(23)13(22)11(9)20/h2-6,10-14,19-23H,7H2,1H3,(H,16,24)/b17-9-/t10-,11+,12?,13+,14-/m0/s1. The second-order valence-corrected chi connectivity index (χ2v) is 5.94. The molecule has 24 heavy (non-hydrogen) atoms. The molecule has 2 rings (SSSR count). The molecule has 8 nitrogen and oxygen atoms in total. The van der Waals surface area contributed by atoms with Gasteiger partial charge in [0.15, 0.2) is 5.11 Å². The minimum absolute atomic E-state index is 0.223. The highest BCUT2D eigenvalue weighted by molar-refractivity contribution is 7.80. The first-order chi connectivity index (χ1) is 11.3. The summed E-state index contributed by atoms with van der Waals surface area (Å²) in [7, 11) is 1.50. The summed E-state index contributed by atoms with van der Waals surface area (Å²) >= 11 is 5.17. The van der Waals surface area contributed by atoms with Gasteiger partial charge in [-0.1, -0.05) is 30.3 Å². The van der Waals surface area contributed by atoms with Crippen LogP contribution in [0.2, 0.25) is 0 Å². The van der Waals surface area contributed by atoms with E-state index >= 15 is 0 Å². The number of nitrogens with one attached hydrogen (secondary N) is 1. The molecule has 1 aromatic rings. The molecule has 0 radical (unpaired) electrons. The Morgan fingerprint density at radius 3 is 2.12 bits per heavy atom. The highest BCUT2D eigenvalue weighted by atomic mass is 32.1. The molecule has 1 aliphatic carbocycles. The van der Waals surface area contributed by atoms with Gasteiger partial charge in [-0.2, -0.15) is 5.10 Å². The first kappa shape index (κ1) is 18.7. The van der Waals surface area contributed by atoms with Crippen LogP contribution in [0, 0.1) is 0 Å². The first-order valence-corrected chi connectivity index (χ1v) is 7.78. The van der Waals surface area contributed by atoms with Crippen molar-refractivity contribution >= 4 is 23.0 Å². The maximum absolute atomic E-state index is 9.93. The second kappa shape index (κ2) is 7.97. The number of thiocarbonyl (C=S) groups is 1. The molecule has 6 N–H and O–H groups in total. The molecule has 0 aromatic heterocycles. The van der Waals surface area contributed by atoms with Crippen molar-refractivity contribution in [2.75, 3.05) is 7.05 Å². The quantitative estimate of drug-likeness (QED) is 0.276. The van der Waals surface area contributed by atoms with Gasteiger partial charge in [0.2, 0.25) is 0 Å². The monoisotopic (exact) mass is 355 g/mol. The van der Waals surface area contributed by atoms with Gasteiger partial charge in [0.1, 0.15) is 36.2 Å². The Bertz CT molecular complexity index is 582. The zero-order valence-electron chi connectivity index (χ0n) is 13.0. The molecule has 1 unspecified atom stereocenters. The van der Waals surface area contributed by atoms with Gasteiger partial charge in [-0.05, 0) is 17.8 Å². The van der Waals surface area contributed by atoms with E-state index in [9.17, 15) is 25.5 Å². The Labute approximate surface area is 144 Å². The average Bonchev–Trinajstić information content (AvgIpc) is 2.60. The molecular weight excluding hydrogens is 334 g/mol. The fraction of sp³-hybridized carbons (Fsp3) is 0.467. The van der Waals surface area contributed by atoms with Gasteiger partial charge in [-0.25, -0.2) is 5.01 Å². The fourth-order valence-corrected chi connectivity index (χ4v) is 2.44. The highest BCUT2D eigenvalue weighted by Crippen LogP contribution is 2.19. The molecule has 0 saturated heterocycles. The van der Waals surface area contributed by atoms with Gasteiger partial charge < -0.3 is 30.8 Å². The third kappa shape index (κ3) is 4.07. The lowest BCUT2D eigenvalue weighted by Crippen LogP contribution is -2.62. The molecule has 0 aliphatic heterocycles. The van der Waals surface area contributed by atoms with E-state index in [1.54, 1.807) is 0 Å². The summed E-state index contributed by atoms with van der Waals surface area (Å²) in [6.45, 7) is 0.462. The number of rotatable bonds is 3. The van der Waals surface area contributed by atoms with Crippen LogP contribution in [0.3, 0.4) is 0 Å². The topological polar surface area (TPSA) is 129 Å². The first-order valence-electron chi connectivity index (χ1n) is 7.37. The van der Waals surface area contributed by atoms with E-state index < -0.39 is 30.5 Å². The molecule has 0 spiro atoms. The zero-order valence-corrected chi connectivity index (χ0v) is 13.8. The number of hydrazone groups is 1. The van der Waals surface area contributed by atoms with Crippen LogP contribution in [-0.2, 0) is 6.54 Å². The van der Waals surface area contributed by atoms with Gasteiger partial charge in [0.05, 0.1) is 0 Å². The van der Waals surface area contributed by atoms with Crippen molar-refractivity contribution in [3.8, 4) is 0 Å². The Morgan fingerprint density at radius 2 is 1.58 bits per heavy atom. The molecule has 9 heteroatoms. The largest absolute Gasteiger partial charge is 0.387 e. The van der Waals surface area contributed by atoms with E-state index in [-0.39, 0.29) is 10.8 Å². The summed E-state index contributed by atoms with van der Waals surface area (Å²) in [5.74, 6) is 0. The van der Waals surface area contributed by atoms with Crippen LogP contribution in [0.5, 0.6) is 0 Å². The van der Waals surface area contributed by atoms with Crippen LogP contribution in [0.1, 0.15) is 5.56 Å². The molecule has 1 saturated carbocycles.